The zero-order valence-corrected chi connectivity index (χ0v) is 17.2. The van der Waals surface area contributed by atoms with Gasteiger partial charge < -0.3 is 15.4 Å². The van der Waals surface area contributed by atoms with E-state index < -0.39 is 0 Å². The highest BCUT2D eigenvalue weighted by atomic mass is 16.5. The Hall–Kier alpha value is -3.12. The molecular formula is C24H29N5O. The van der Waals surface area contributed by atoms with Crippen molar-refractivity contribution in [2.75, 3.05) is 36.9 Å². The minimum atomic E-state index is 0.446. The minimum absolute atomic E-state index is 0.446. The van der Waals surface area contributed by atoms with E-state index in [0.717, 1.165) is 49.9 Å². The van der Waals surface area contributed by atoms with Gasteiger partial charge in [0.2, 0.25) is 0 Å². The second kappa shape index (κ2) is 10.6. The van der Waals surface area contributed by atoms with E-state index in [-0.39, 0.29) is 0 Å². The third-order valence-electron chi connectivity index (χ3n) is 5.28. The molecule has 0 aliphatic carbocycles. The van der Waals surface area contributed by atoms with Crippen LogP contribution in [0, 0.1) is 0 Å². The fraction of sp³-hybridized carbons (Fsp3) is 0.333. The Labute approximate surface area is 178 Å². The molecule has 30 heavy (non-hydrogen) atoms. The lowest BCUT2D eigenvalue weighted by Crippen LogP contribution is -2.38. The smallest absolute Gasteiger partial charge is 0.131 e. The molecule has 1 aliphatic heterocycles. The number of aromatic nitrogens is 2. The standard InChI is InChI=1S/C24H29N5O/c1-3-7-20(8-4-1)18-29-14-11-21(12-15-29)28-24-17-23(26-19-27-24)25-13-16-30-22-9-5-2-6-10-22/h1-10,17,19,21H,11-16,18H2,(H2,25,26,27,28). The molecule has 0 spiro atoms. The molecule has 0 radical (unpaired) electrons. The predicted octanol–water partition coefficient (Wildman–Crippen LogP) is 4.04. The molecule has 2 aromatic carbocycles. The van der Waals surface area contributed by atoms with Gasteiger partial charge in [-0.25, -0.2) is 9.97 Å². The summed E-state index contributed by atoms with van der Waals surface area (Å²) in [5, 5.41) is 6.88. The summed E-state index contributed by atoms with van der Waals surface area (Å²) in [7, 11) is 0. The number of piperidine rings is 1. The van der Waals surface area contributed by atoms with Crippen LogP contribution in [0.4, 0.5) is 11.6 Å². The lowest BCUT2D eigenvalue weighted by atomic mass is 10.0. The third-order valence-corrected chi connectivity index (χ3v) is 5.28. The summed E-state index contributed by atoms with van der Waals surface area (Å²) in [5.74, 6) is 2.56. The van der Waals surface area contributed by atoms with Gasteiger partial charge in [-0.2, -0.15) is 0 Å². The van der Waals surface area contributed by atoms with E-state index in [1.807, 2.05) is 36.4 Å². The van der Waals surface area contributed by atoms with E-state index in [1.165, 1.54) is 5.56 Å². The maximum atomic E-state index is 5.71. The van der Waals surface area contributed by atoms with E-state index in [2.05, 4.69) is 55.8 Å². The first-order valence-electron chi connectivity index (χ1n) is 10.6. The molecule has 156 valence electrons. The summed E-state index contributed by atoms with van der Waals surface area (Å²) >= 11 is 0. The van der Waals surface area contributed by atoms with Gasteiger partial charge in [-0.3, -0.25) is 4.90 Å². The molecule has 4 rings (SSSR count). The second-order valence-corrected chi connectivity index (χ2v) is 7.56. The lowest BCUT2D eigenvalue weighted by molar-refractivity contribution is 0.211. The number of ether oxygens (including phenoxy) is 1. The second-order valence-electron chi connectivity index (χ2n) is 7.56. The highest BCUT2D eigenvalue weighted by Crippen LogP contribution is 2.18. The Morgan fingerprint density at radius 3 is 2.37 bits per heavy atom. The predicted molar refractivity (Wildman–Crippen MR) is 121 cm³/mol. The van der Waals surface area contributed by atoms with Crippen molar-refractivity contribution in [1.82, 2.24) is 14.9 Å². The minimum Gasteiger partial charge on any atom is -0.492 e. The fourth-order valence-electron chi connectivity index (χ4n) is 3.68. The average Bonchev–Trinajstić information content (AvgIpc) is 2.80. The molecular weight excluding hydrogens is 374 g/mol. The number of likely N-dealkylation sites (tertiary alicyclic amines) is 1. The van der Waals surface area contributed by atoms with E-state index in [9.17, 15) is 0 Å². The molecule has 0 atom stereocenters. The molecule has 6 heteroatoms. The lowest BCUT2D eigenvalue weighted by Gasteiger charge is -2.32. The number of hydrogen-bond acceptors (Lipinski definition) is 6. The van der Waals surface area contributed by atoms with Gasteiger partial charge in [0.05, 0.1) is 6.54 Å². The van der Waals surface area contributed by atoms with Gasteiger partial charge in [-0.15, -0.1) is 0 Å². The maximum Gasteiger partial charge on any atom is 0.131 e. The molecule has 1 saturated heterocycles. The van der Waals surface area contributed by atoms with Crippen molar-refractivity contribution >= 4 is 11.6 Å². The zero-order chi connectivity index (χ0) is 20.4. The number of hydrogen-bond donors (Lipinski definition) is 2. The van der Waals surface area contributed by atoms with Crippen LogP contribution >= 0.6 is 0 Å². The molecule has 1 aliphatic rings. The van der Waals surface area contributed by atoms with E-state index >= 15 is 0 Å². The molecule has 0 amide bonds. The molecule has 2 N–H and O–H groups in total. The van der Waals surface area contributed by atoms with Gasteiger partial charge in [0.1, 0.15) is 30.3 Å². The quantitative estimate of drug-likeness (QED) is 0.526. The van der Waals surface area contributed by atoms with Crippen molar-refractivity contribution in [3.8, 4) is 5.75 Å². The van der Waals surface area contributed by atoms with Gasteiger partial charge >= 0.3 is 0 Å². The van der Waals surface area contributed by atoms with Crippen LogP contribution in [-0.2, 0) is 6.54 Å². The molecule has 2 heterocycles. The van der Waals surface area contributed by atoms with Crippen LogP contribution in [-0.4, -0.2) is 47.2 Å². The highest BCUT2D eigenvalue weighted by Gasteiger charge is 2.19. The van der Waals surface area contributed by atoms with Gasteiger partial charge in [0.25, 0.3) is 0 Å². The van der Waals surface area contributed by atoms with Crippen LogP contribution in [0.25, 0.3) is 0 Å². The maximum absolute atomic E-state index is 5.71. The first kappa shape index (κ1) is 20.2. The van der Waals surface area contributed by atoms with Gasteiger partial charge in [-0.1, -0.05) is 48.5 Å². The molecule has 6 nitrogen and oxygen atoms in total. The van der Waals surface area contributed by atoms with Crippen molar-refractivity contribution in [3.63, 3.8) is 0 Å². The number of rotatable bonds is 9. The van der Waals surface area contributed by atoms with Crippen LogP contribution in [0.2, 0.25) is 0 Å². The normalized spacial score (nSPS) is 14.9. The summed E-state index contributed by atoms with van der Waals surface area (Å²) in [4.78, 5) is 11.2. The van der Waals surface area contributed by atoms with E-state index in [1.54, 1.807) is 6.33 Å². The van der Waals surface area contributed by atoms with Crippen molar-refractivity contribution < 1.29 is 4.74 Å². The third kappa shape index (κ3) is 6.19. The van der Waals surface area contributed by atoms with E-state index in [0.29, 0.717) is 19.2 Å². The summed E-state index contributed by atoms with van der Waals surface area (Å²) in [6.45, 7) is 4.49. The van der Waals surface area contributed by atoms with Crippen LogP contribution in [0.5, 0.6) is 5.75 Å². The van der Waals surface area contributed by atoms with Gasteiger partial charge in [-0.05, 0) is 30.5 Å². The first-order chi connectivity index (χ1) is 14.8. The molecule has 0 saturated carbocycles. The van der Waals surface area contributed by atoms with Gasteiger partial charge in [0, 0.05) is 31.7 Å². The van der Waals surface area contributed by atoms with Crippen LogP contribution in [0.3, 0.4) is 0 Å². The number of nitrogens with zero attached hydrogens (tertiary/aromatic N) is 3. The average molecular weight is 404 g/mol. The monoisotopic (exact) mass is 403 g/mol. The number of benzene rings is 2. The van der Waals surface area contributed by atoms with Crippen LogP contribution < -0.4 is 15.4 Å². The fourth-order valence-corrected chi connectivity index (χ4v) is 3.68. The summed E-state index contributed by atoms with van der Waals surface area (Å²) in [5.41, 5.74) is 1.38. The van der Waals surface area contributed by atoms with E-state index in [4.69, 9.17) is 4.74 Å². The summed E-state index contributed by atoms with van der Waals surface area (Å²) in [6, 6.07) is 22.9. The topological polar surface area (TPSA) is 62.3 Å². The van der Waals surface area contributed by atoms with Crippen molar-refractivity contribution in [2.24, 2.45) is 0 Å². The molecule has 0 bridgehead atoms. The van der Waals surface area contributed by atoms with Crippen molar-refractivity contribution in [2.45, 2.75) is 25.4 Å². The molecule has 0 unspecified atom stereocenters. The van der Waals surface area contributed by atoms with Crippen LogP contribution in [0.15, 0.2) is 73.1 Å². The van der Waals surface area contributed by atoms with Gasteiger partial charge in [0.15, 0.2) is 0 Å². The molecule has 1 fully saturated rings. The largest absolute Gasteiger partial charge is 0.492 e. The first-order valence-corrected chi connectivity index (χ1v) is 10.6. The SMILES string of the molecule is c1ccc(CN2CCC(Nc3cc(NCCOc4ccccc4)ncn3)CC2)cc1. The Morgan fingerprint density at radius 2 is 1.60 bits per heavy atom. The highest BCUT2D eigenvalue weighted by molar-refractivity contribution is 5.47. The number of anilines is 2. The Bertz CT molecular complexity index is 882. The van der Waals surface area contributed by atoms with Crippen LogP contribution in [0.1, 0.15) is 18.4 Å². The number of nitrogens with one attached hydrogen (secondary N) is 2. The molecule has 1 aromatic heterocycles. The zero-order valence-electron chi connectivity index (χ0n) is 17.2. The summed E-state index contributed by atoms with van der Waals surface area (Å²) < 4.78 is 5.71. The summed E-state index contributed by atoms with van der Waals surface area (Å²) in [6.07, 6.45) is 3.84. The Balaban J connectivity index is 1.19. The number of para-hydroxylation sites is 1. The Kier molecular flexibility index (Phi) is 7.12. The van der Waals surface area contributed by atoms with Crippen molar-refractivity contribution in [1.29, 1.82) is 0 Å². The van der Waals surface area contributed by atoms with Crippen molar-refractivity contribution in [3.05, 3.63) is 78.6 Å². The molecule has 3 aromatic rings. The Morgan fingerprint density at radius 1 is 0.900 bits per heavy atom.